The number of aliphatic hydroxyl groups is 1. The number of hydrogen-bond donors (Lipinski definition) is 2. The van der Waals surface area contributed by atoms with Crippen molar-refractivity contribution in [2.75, 3.05) is 13.6 Å². The van der Waals surface area contributed by atoms with Gasteiger partial charge in [0.2, 0.25) is 0 Å². The summed E-state index contributed by atoms with van der Waals surface area (Å²) in [6.45, 7) is 6.24. The SMILES string of the molecule is CC(N)C(c1ccsc1)N(C)CC(C)(C)O. The summed E-state index contributed by atoms with van der Waals surface area (Å²) < 4.78 is 0. The van der Waals surface area contributed by atoms with Gasteiger partial charge in [-0.15, -0.1) is 0 Å². The minimum absolute atomic E-state index is 0.0435. The van der Waals surface area contributed by atoms with Gasteiger partial charge in [-0.2, -0.15) is 11.3 Å². The third-order valence-corrected chi connectivity index (χ3v) is 3.20. The van der Waals surface area contributed by atoms with E-state index in [1.165, 1.54) is 5.56 Å². The van der Waals surface area contributed by atoms with E-state index < -0.39 is 5.60 Å². The molecule has 1 aromatic heterocycles. The summed E-state index contributed by atoms with van der Waals surface area (Å²) in [5, 5.41) is 14.0. The van der Waals surface area contributed by atoms with Gasteiger partial charge in [-0.25, -0.2) is 0 Å². The van der Waals surface area contributed by atoms with E-state index in [9.17, 15) is 5.11 Å². The Bertz CT molecular complexity index is 303. The summed E-state index contributed by atoms with van der Waals surface area (Å²) in [5.41, 5.74) is 6.56. The highest BCUT2D eigenvalue weighted by Gasteiger charge is 2.25. The molecule has 2 unspecified atom stereocenters. The van der Waals surface area contributed by atoms with Crippen LogP contribution in [0.5, 0.6) is 0 Å². The second-order valence-corrected chi connectivity index (χ2v) is 5.87. The summed E-state index contributed by atoms with van der Waals surface area (Å²) in [5.74, 6) is 0. The van der Waals surface area contributed by atoms with Crippen molar-refractivity contribution >= 4 is 11.3 Å². The van der Waals surface area contributed by atoms with Crippen LogP contribution in [0.3, 0.4) is 0 Å². The summed E-state index contributed by atoms with van der Waals surface area (Å²) in [7, 11) is 2.00. The summed E-state index contributed by atoms with van der Waals surface area (Å²) >= 11 is 1.68. The van der Waals surface area contributed by atoms with Gasteiger partial charge in [-0.3, -0.25) is 4.90 Å². The molecular formula is C12H22N2OS. The number of hydrogen-bond acceptors (Lipinski definition) is 4. The first kappa shape index (κ1) is 13.6. The fourth-order valence-electron chi connectivity index (χ4n) is 2.11. The van der Waals surface area contributed by atoms with Gasteiger partial charge in [0, 0.05) is 12.6 Å². The Morgan fingerprint density at radius 1 is 1.56 bits per heavy atom. The molecule has 92 valence electrons. The third-order valence-electron chi connectivity index (χ3n) is 2.49. The molecule has 0 aliphatic rings. The van der Waals surface area contributed by atoms with E-state index in [0.29, 0.717) is 6.54 Å². The number of rotatable bonds is 5. The van der Waals surface area contributed by atoms with Crippen LogP contribution in [0.1, 0.15) is 32.4 Å². The van der Waals surface area contributed by atoms with Gasteiger partial charge in [0.05, 0.1) is 11.6 Å². The standard InChI is InChI=1S/C12H22N2OS/c1-9(13)11(10-5-6-16-7-10)14(4)8-12(2,3)15/h5-7,9,11,15H,8,13H2,1-4H3. The van der Waals surface area contributed by atoms with E-state index in [4.69, 9.17) is 5.73 Å². The Kier molecular flexibility index (Phi) is 4.50. The molecule has 0 saturated heterocycles. The van der Waals surface area contributed by atoms with E-state index in [-0.39, 0.29) is 12.1 Å². The van der Waals surface area contributed by atoms with Gasteiger partial charge in [-0.05, 0) is 50.2 Å². The molecular weight excluding hydrogens is 220 g/mol. The van der Waals surface area contributed by atoms with Crippen molar-refractivity contribution in [1.29, 1.82) is 0 Å². The van der Waals surface area contributed by atoms with Gasteiger partial charge < -0.3 is 10.8 Å². The lowest BCUT2D eigenvalue weighted by Gasteiger charge is -2.34. The molecule has 1 aromatic rings. The highest BCUT2D eigenvalue weighted by molar-refractivity contribution is 7.07. The molecule has 0 aliphatic heterocycles. The van der Waals surface area contributed by atoms with Crippen LogP contribution in [0.25, 0.3) is 0 Å². The maximum atomic E-state index is 9.84. The van der Waals surface area contributed by atoms with Crippen molar-refractivity contribution in [3.8, 4) is 0 Å². The van der Waals surface area contributed by atoms with E-state index in [2.05, 4.69) is 21.7 Å². The fourth-order valence-corrected chi connectivity index (χ4v) is 2.80. The molecule has 0 bridgehead atoms. The summed E-state index contributed by atoms with van der Waals surface area (Å²) in [6.07, 6.45) is 0. The largest absolute Gasteiger partial charge is 0.389 e. The van der Waals surface area contributed by atoms with Crippen LogP contribution in [-0.2, 0) is 0 Å². The van der Waals surface area contributed by atoms with Crippen LogP contribution in [0.2, 0.25) is 0 Å². The lowest BCUT2D eigenvalue weighted by Crippen LogP contribution is -2.43. The second-order valence-electron chi connectivity index (χ2n) is 5.09. The van der Waals surface area contributed by atoms with Crippen LogP contribution < -0.4 is 5.73 Å². The van der Waals surface area contributed by atoms with Crippen molar-refractivity contribution in [2.24, 2.45) is 5.73 Å². The molecule has 0 aliphatic carbocycles. The van der Waals surface area contributed by atoms with Crippen LogP contribution in [-0.4, -0.2) is 35.2 Å². The zero-order valence-corrected chi connectivity index (χ0v) is 11.3. The molecule has 3 N–H and O–H groups in total. The van der Waals surface area contributed by atoms with Gasteiger partial charge >= 0.3 is 0 Å². The molecule has 0 aromatic carbocycles. The summed E-state index contributed by atoms with van der Waals surface area (Å²) in [6, 6.07) is 2.30. The topological polar surface area (TPSA) is 49.5 Å². The third kappa shape index (κ3) is 3.87. The fraction of sp³-hybridized carbons (Fsp3) is 0.667. The molecule has 2 atom stereocenters. The van der Waals surface area contributed by atoms with Crippen LogP contribution >= 0.6 is 11.3 Å². The van der Waals surface area contributed by atoms with Crippen molar-refractivity contribution in [2.45, 2.75) is 38.5 Å². The number of nitrogens with two attached hydrogens (primary N) is 1. The van der Waals surface area contributed by atoms with Crippen LogP contribution in [0, 0.1) is 0 Å². The van der Waals surface area contributed by atoms with E-state index >= 15 is 0 Å². The Morgan fingerprint density at radius 2 is 2.19 bits per heavy atom. The number of likely N-dealkylation sites (N-methyl/N-ethyl adjacent to an activating group) is 1. The van der Waals surface area contributed by atoms with Gasteiger partial charge in [0.1, 0.15) is 0 Å². The number of thiophene rings is 1. The van der Waals surface area contributed by atoms with Gasteiger partial charge in [0.25, 0.3) is 0 Å². The molecule has 16 heavy (non-hydrogen) atoms. The predicted octanol–water partition coefficient (Wildman–Crippen LogP) is 1.84. The molecule has 1 rings (SSSR count). The molecule has 4 heteroatoms. The minimum Gasteiger partial charge on any atom is -0.389 e. The Labute approximate surface area is 102 Å². The van der Waals surface area contributed by atoms with E-state index in [0.717, 1.165) is 0 Å². The molecule has 0 saturated carbocycles. The Hall–Kier alpha value is -0.420. The van der Waals surface area contributed by atoms with Gasteiger partial charge in [0.15, 0.2) is 0 Å². The van der Waals surface area contributed by atoms with Crippen molar-refractivity contribution in [3.63, 3.8) is 0 Å². The molecule has 0 fully saturated rings. The predicted molar refractivity (Wildman–Crippen MR) is 69.6 cm³/mol. The van der Waals surface area contributed by atoms with Crippen molar-refractivity contribution in [1.82, 2.24) is 4.90 Å². The number of nitrogens with zero attached hydrogens (tertiary/aromatic N) is 1. The second kappa shape index (κ2) is 5.27. The summed E-state index contributed by atoms with van der Waals surface area (Å²) in [4.78, 5) is 2.12. The quantitative estimate of drug-likeness (QED) is 0.828. The van der Waals surface area contributed by atoms with Crippen LogP contribution in [0.15, 0.2) is 16.8 Å². The normalized spacial score (nSPS) is 16.4. The van der Waals surface area contributed by atoms with E-state index in [1.54, 1.807) is 11.3 Å². The van der Waals surface area contributed by atoms with Crippen molar-refractivity contribution in [3.05, 3.63) is 22.4 Å². The zero-order chi connectivity index (χ0) is 12.3. The molecule has 0 radical (unpaired) electrons. The maximum absolute atomic E-state index is 9.84. The average molecular weight is 242 g/mol. The lowest BCUT2D eigenvalue weighted by atomic mass is 10.0. The Balaban J connectivity index is 2.79. The van der Waals surface area contributed by atoms with Crippen LogP contribution in [0.4, 0.5) is 0 Å². The lowest BCUT2D eigenvalue weighted by molar-refractivity contribution is 0.0279. The highest BCUT2D eigenvalue weighted by atomic mass is 32.1. The molecule has 0 amide bonds. The van der Waals surface area contributed by atoms with E-state index in [1.807, 2.05) is 27.8 Å². The average Bonchev–Trinajstić information content (AvgIpc) is 2.52. The first-order valence-corrected chi connectivity index (χ1v) is 6.46. The zero-order valence-electron chi connectivity index (χ0n) is 10.5. The van der Waals surface area contributed by atoms with Crippen molar-refractivity contribution < 1.29 is 5.11 Å². The molecule has 1 heterocycles. The first-order valence-electron chi connectivity index (χ1n) is 5.51. The van der Waals surface area contributed by atoms with Gasteiger partial charge in [-0.1, -0.05) is 0 Å². The monoisotopic (exact) mass is 242 g/mol. The smallest absolute Gasteiger partial charge is 0.0718 e. The molecule has 3 nitrogen and oxygen atoms in total. The molecule has 0 spiro atoms. The highest BCUT2D eigenvalue weighted by Crippen LogP contribution is 2.25. The maximum Gasteiger partial charge on any atom is 0.0718 e. The first-order chi connectivity index (χ1) is 7.31. The Morgan fingerprint density at radius 3 is 2.56 bits per heavy atom. The minimum atomic E-state index is -0.697.